The van der Waals surface area contributed by atoms with Gasteiger partial charge in [0.2, 0.25) is 0 Å². The maximum Gasteiger partial charge on any atom is 0.262 e. The molecule has 1 atom stereocenters. The summed E-state index contributed by atoms with van der Waals surface area (Å²) in [6, 6.07) is 17.2. The normalized spacial score (nSPS) is 18.5. The number of pyridine rings is 1. The molecule has 3 aromatic rings. The molecule has 0 spiro atoms. The summed E-state index contributed by atoms with van der Waals surface area (Å²) in [7, 11) is 0. The fourth-order valence-corrected chi connectivity index (χ4v) is 4.66. The average molecular weight is 453 g/mol. The molecule has 0 saturated carbocycles. The van der Waals surface area contributed by atoms with Gasteiger partial charge >= 0.3 is 0 Å². The Morgan fingerprint density at radius 2 is 2.03 bits per heavy atom. The summed E-state index contributed by atoms with van der Waals surface area (Å²) < 4.78 is 5.46. The first kappa shape index (κ1) is 22.4. The van der Waals surface area contributed by atoms with Gasteiger partial charge in [-0.1, -0.05) is 12.1 Å². The average Bonchev–Trinajstić information content (AvgIpc) is 2.77. The van der Waals surface area contributed by atoms with Crippen molar-refractivity contribution in [2.45, 2.75) is 26.3 Å². The van der Waals surface area contributed by atoms with Gasteiger partial charge in [-0.25, -0.2) is 0 Å². The first-order valence-corrected chi connectivity index (χ1v) is 11.0. The molecule has 1 unspecified atom stereocenters. The van der Waals surface area contributed by atoms with Gasteiger partial charge in [0.25, 0.3) is 5.91 Å². The lowest BCUT2D eigenvalue weighted by Gasteiger charge is -2.41. The third-order valence-electron chi connectivity index (χ3n) is 6.26. The molecule has 0 radical (unpaired) electrons. The quantitative estimate of drug-likeness (QED) is 0.647. The van der Waals surface area contributed by atoms with E-state index in [-0.39, 0.29) is 24.9 Å². The number of aryl methyl sites for hydroxylation is 1. The molecule has 1 saturated heterocycles. The number of ether oxygens (including phenoxy) is 1. The van der Waals surface area contributed by atoms with Crippen LogP contribution in [0.1, 0.15) is 18.2 Å². The van der Waals surface area contributed by atoms with Crippen molar-refractivity contribution in [3.05, 3.63) is 59.8 Å². The van der Waals surface area contributed by atoms with E-state index in [2.05, 4.69) is 58.4 Å². The van der Waals surface area contributed by atoms with E-state index >= 15 is 0 Å². The zero-order valence-corrected chi connectivity index (χ0v) is 19.3. The Morgan fingerprint density at radius 1 is 1.16 bits per heavy atom. The summed E-state index contributed by atoms with van der Waals surface area (Å²) >= 11 is 0. The number of halogens is 1. The lowest BCUT2D eigenvalue weighted by molar-refractivity contribution is -0.118. The van der Waals surface area contributed by atoms with Crippen molar-refractivity contribution >= 4 is 40.6 Å². The molecular weight excluding hydrogens is 424 g/mol. The molecule has 168 valence electrons. The minimum absolute atomic E-state index is 0. The molecule has 32 heavy (non-hydrogen) atoms. The Morgan fingerprint density at radius 3 is 2.88 bits per heavy atom. The number of rotatable bonds is 4. The van der Waals surface area contributed by atoms with Gasteiger partial charge in [0.1, 0.15) is 5.75 Å². The Balaban J connectivity index is 0.00000245. The fourth-order valence-electron chi connectivity index (χ4n) is 4.66. The van der Waals surface area contributed by atoms with Crippen LogP contribution in [0, 0.1) is 6.92 Å². The number of benzene rings is 2. The topological polar surface area (TPSA) is 57.7 Å². The van der Waals surface area contributed by atoms with Crippen LogP contribution >= 0.6 is 12.4 Å². The van der Waals surface area contributed by atoms with Gasteiger partial charge in [-0.05, 0) is 62.2 Å². The second-order valence-corrected chi connectivity index (χ2v) is 8.56. The standard InChI is InChI=1S/C25H28N4O2.ClH/c1-17-6-8-20-21(26-17)4-3-5-23(20)29-13-12-28(15-18(29)2)11-10-19-7-9-24-22(14-19)27-25(30)16-31-24;/h3-9,14,18H,10-13,15-16H2,1-2H3,(H,27,30);1H. The predicted octanol–water partition coefficient (Wildman–Crippen LogP) is 4.05. The Kier molecular flexibility index (Phi) is 6.53. The van der Waals surface area contributed by atoms with Gasteiger partial charge in [-0.2, -0.15) is 0 Å². The first-order chi connectivity index (χ1) is 15.1. The number of fused-ring (bicyclic) bond motifs is 2. The molecule has 2 aliphatic rings. The zero-order valence-electron chi connectivity index (χ0n) is 18.5. The second kappa shape index (κ2) is 9.35. The number of nitrogens with one attached hydrogen (secondary N) is 1. The third kappa shape index (κ3) is 4.52. The summed E-state index contributed by atoms with van der Waals surface area (Å²) in [6.07, 6.45) is 0.952. The lowest BCUT2D eigenvalue weighted by atomic mass is 10.1. The molecule has 5 rings (SSSR count). The highest BCUT2D eigenvalue weighted by atomic mass is 35.5. The zero-order chi connectivity index (χ0) is 21.4. The smallest absolute Gasteiger partial charge is 0.262 e. The summed E-state index contributed by atoms with van der Waals surface area (Å²) in [5.74, 6) is 0.666. The van der Waals surface area contributed by atoms with Gasteiger partial charge in [0, 0.05) is 49.0 Å². The molecule has 0 aliphatic carbocycles. The molecule has 3 heterocycles. The number of piperazine rings is 1. The summed E-state index contributed by atoms with van der Waals surface area (Å²) in [5.41, 5.74) is 5.40. The van der Waals surface area contributed by atoms with Crippen LogP contribution in [0.3, 0.4) is 0 Å². The van der Waals surface area contributed by atoms with Crippen molar-refractivity contribution in [1.82, 2.24) is 9.88 Å². The SMILES string of the molecule is Cc1ccc2c(N3CCN(CCc4ccc5c(c4)NC(=O)CO5)CC3C)cccc2n1.Cl. The Hall–Kier alpha value is -2.83. The monoisotopic (exact) mass is 452 g/mol. The Labute approximate surface area is 195 Å². The maximum absolute atomic E-state index is 11.6. The van der Waals surface area contributed by atoms with Crippen LogP contribution in [0.15, 0.2) is 48.5 Å². The Bertz CT molecular complexity index is 1140. The highest BCUT2D eigenvalue weighted by Crippen LogP contribution is 2.30. The van der Waals surface area contributed by atoms with E-state index in [9.17, 15) is 4.79 Å². The van der Waals surface area contributed by atoms with Crippen LogP contribution in [0.25, 0.3) is 10.9 Å². The highest BCUT2D eigenvalue weighted by molar-refractivity contribution is 5.95. The van der Waals surface area contributed by atoms with E-state index in [1.54, 1.807) is 0 Å². The summed E-state index contributed by atoms with van der Waals surface area (Å²) in [5, 5.41) is 4.13. The fraction of sp³-hybridized carbons (Fsp3) is 0.360. The predicted molar refractivity (Wildman–Crippen MR) is 131 cm³/mol. The van der Waals surface area contributed by atoms with Crippen LogP contribution < -0.4 is 15.0 Å². The molecule has 7 heteroatoms. The summed E-state index contributed by atoms with van der Waals surface area (Å²) in [6.45, 7) is 8.51. The van der Waals surface area contributed by atoms with Crippen LogP contribution in [0.4, 0.5) is 11.4 Å². The molecular formula is C25H29ClN4O2. The first-order valence-electron chi connectivity index (χ1n) is 11.0. The number of hydrogen-bond acceptors (Lipinski definition) is 5. The number of hydrogen-bond donors (Lipinski definition) is 1. The third-order valence-corrected chi connectivity index (χ3v) is 6.26. The number of anilines is 2. The van der Waals surface area contributed by atoms with E-state index in [0.29, 0.717) is 6.04 Å². The molecule has 1 fully saturated rings. The highest BCUT2D eigenvalue weighted by Gasteiger charge is 2.25. The number of carbonyl (C=O) groups is 1. The van der Waals surface area contributed by atoms with Gasteiger partial charge in [-0.3, -0.25) is 14.7 Å². The van der Waals surface area contributed by atoms with Crippen LogP contribution in [-0.2, 0) is 11.2 Å². The van der Waals surface area contributed by atoms with Gasteiger partial charge in [0.15, 0.2) is 6.61 Å². The maximum atomic E-state index is 11.6. The van der Waals surface area contributed by atoms with Crippen LogP contribution in [-0.4, -0.2) is 54.6 Å². The van der Waals surface area contributed by atoms with Gasteiger partial charge in [-0.15, -0.1) is 12.4 Å². The number of carbonyl (C=O) groups excluding carboxylic acids is 1. The molecule has 1 amide bonds. The lowest BCUT2D eigenvalue weighted by Crippen LogP contribution is -2.52. The largest absolute Gasteiger partial charge is 0.482 e. The molecule has 6 nitrogen and oxygen atoms in total. The molecule has 2 aromatic carbocycles. The van der Waals surface area contributed by atoms with Crippen molar-refractivity contribution in [1.29, 1.82) is 0 Å². The minimum atomic E-state index is -0.0895. The van der Waals surface area contributed by atoms with Crippen molar-refractivity contribution in [3.8, 4) is 5.75 Å². The van der Waals surface area contributed by atoms with Crippen LogP contribution in [0.2, 0.25) is 0 Å². The van der Waals surface area contributed by atoms with Crippen molar-refractivity contribution in [3.63, 3.8) is 0 Å². The van der Waals surface area contributed by atoms with E-state index in [0.717, 1.165) is 55.2 Å². The van der Waals surface area contributed by atoms with E-state index in [1.807, 2.05) is 19.1 Å². The minimum Gasteiger partial charge on any atom is -0.482 e. The molecule has 0 bridgehead atoms. The molecule has 1 aromatic heterocycles. The van der Waals surface area contributed by atoms with Crippen molar-refractivity contribution < 1.29 is 9.53 Å². The van der Waals surface area contributed by atoms with E-state index in [4.69, 9.17) is 9.72 Å². The molecule has 2 aliphatic heterocycles. The van der Waals surface area contributed by atoms with E-state index < -0.39 is 0 Å². The number of aromatic nitrogens is 1. The van der Waals surface area contributed by atoms with Crippen LogP contribution in [0.5, 0.6) is 5.75 Å². The van der Waals surface area contributed by atoms with Gasteiger partial charge in [0.05, 0.1) is 11.2 Å². The second-order valence-electron chi connectivity index (χ2n) is 8.56. The summed E-state index contributed by atoms with van der Waals surface area (Å²) in [4.78, 5) is 21.3. The van der Waals surface area contributed by atoms with E-state index in [1.165, 1.54) is 16.6 Å². The van der Waals surface area contributed by atoms with Gasteiger partial charge < -0.3 is 15.0 Å². The number of amides is 1. The van der Waals surface area contributed by atoms with Crippen molar-refractivity contribution in [2.24, 2.45) is 0 Å². The van der Waals surface area contributed by atoms with Crippen molar-refractivity contribution in [2.75, 3.05) is 43.0 Å². The number of nitrogens with zero attached hydrogens (tertiary/aromatic N) is 3. The molecule has 1 N–H and O–H groups in total.